The number of rotatable bonds is 5. The molecular formula is C6H13BO6. The first-order chi connectivity index (χ1) is 5.91. The van der Waals surface area contributed by atoms with E-state index in [9.17, 15) is 0 Å². The van der Waals surface area contributed by atoms with Crippen LogP contribution in [-0.4, -0.2) is 75.5 Å². The molecule has 0 aromatic carbocycles. The van der Waals surface area contributed by atoms with Gasteiger partial charge in [0.1, 0.15) is 26.2 Å². The molecule has 13 heavy (non-hydrogen) atoms. The van der Waals surface area contributed by atoms with E-state index < -0.39 is 37.0 Å². The Morgan fingerprint density at radius 1 is 0.846 bits per heavy atom. The van der Waals surface area contributed by atoms with Gasteiger partial charge in [-0.05, 0) is 0 Å². The molecule has 0 spiro atoms. The lowest BCUT2D eigenvalue weighted by molar-refractivity contribution is -0.129. The first-order valence-corrected chi connectivity index (χ1v) is 3.68. The Kier molecular flexibility index (Phi) is 5.46. The molecule has 0 saturated heterocycles. The largest absolute Gasteiger partial charge is 0.400 e. The van der Waals surface area contributed by atoms with Gasteiger partial charge in [0.15, 0.2) is 0 Å². The molecule has 0 aliphatic carbocycles. The van der Waals surface area contributed by atoms with Gasteiger partial charge in [-0.3, -0.25) is 0 Å². The van der Waals surface area contributed by atoms with Crippen molar-refractivity contribution in [2.24, 2.45) is 0 Å². The van der Waals surface area contributed by atoms with Crippen molar-refractivity contribution in [3.8, 4) is 0 Å². The minimum atomic E-state index is -1.82. The van der Waals surface area contributed by atoms with Gasteiger partial charge in [-0.2, -0.15) is 0 Å². The van der Waals surface area contributed by atoms with Gasteiger partial charge in [0, 0.05) is 6.00 Å². The van der Waals surface area contributed by atoms with Crippen LogP contribution in [0, 0.1) is 0 Å². The van der Waals surface area contributed by atoms with Crippen LogP contribution in [0.15, 0.2) is 0 Å². The fourth-order valence-corrected chi connectivity index (χ4v) is 0.740. The first-order valence-electron chi connectivity index (χ1n) is 3.68. The summed E-state index contributed by atoms with van der Waals surface area (Å²) in [7, 11) is 4.81. The monoisotopic (exact) mass is 192 g/mol. The predicted octanol–water partition coefficient (Wildman–Crippen LogP) is -4.09. The molecule has 76 valence electrons. The maximum atomic E-state index is 9.05. The Labute approximate surface area is 76.5 Å². The molecule has 0 amide bonds. The minimum Gasteiger partial charge on any atom is -0.400 e. The smallest absolute Gasteiger partial charge is 0.112 e. The lowest BCUT2D eigenvalue weighted by atomic mass is 9.88. The van der Waals surface area contributed by atoms with Crippen LogP contribution in [0.4, 0.5) is 0 Å². The van der Waals surface area contributed by atoms with Gasteiger partial charge >= 0.3 is 0 Å². The van der Waals surface area contributed by atoms with E-state index in [1.165, 1.54) is 0 Å². The molecule has 0 aliphatic rings. The van der Waals surface area contributed by atoms with Crippen LogP contribution >= 0.6 is 0 Å². The third-order valence-corrected chi connectivity index (χ3v) is 1.63. The van der Waals surface area contributed by atoms with Crippen molar-refractivity contribution in [1.29, 1.82) is 0 Å². The fraction of sp³-hybridized carbons (Fsp3) is 1.00. The van der Waals surface area contributed by atoms with Gasteiger partial charge in [-0.15, -0.1) is 0 Å². The summed E-state index contributed by atoms with van der Waals surface area (Å²) in [6.45, 7) is -0.772. The molecule has 1 unspecified atom stereocenters. The molecule has 6 nitrogen and oxygen atoms in total. The van der Waals surface area contributed by atoms with Crippen LogP contribution in [0.5, 0.6) is 0 Å². The van der Waals surface area contributed by atoms with Crippen molar-refractivity contribution in [2.45, 2.75) is 30.4 Å². The summed E-state index contributed by atoms with van der Waals surface area (Å²) in [6.07, 6.45) is -6.96. The fourth-order valence-electron chi connectivity index (χ4n) is 0.740. The predicted molar refractivity (Wildman–Crippen MR) is 42.9 cm³/mol. The van der Waals surface area contributed by atoms with Crippen molar-refractivity contribution < 1.29 is 30.6 Å². The van der Waals surface area contributed by atoms with Gasteiger partial charge in [0.05, 0.1) is 12.7 Å². The van der Waals surface area contributed by atoms with Gasteiger partial charge in [0.25, 0.3) is 0 Å². The van der Waals surface area contributed by atoms with Crippen molar-refractivity contribution >= 4 is 7.85 Å². The molecule has 0 aromatic rings. The van der Waals surface area contributed by atoms with Crippen molar-refractivity contribution in [3.63, 3.8) is 0 Å². The van der Waals surface area contributed by atoms with E-state index in [4.69, 9.17) is 38.5 Å². The molecule has 0 bridgehead atoms. The standard InChI is InChI=1S/C6H13BO6/c7-6(13)5(12)4(11)3(10)2(9)1-8/h2-6,8-13H,1H2/t2-,3-,4+,5-,6?/m1/s1. The van der Waals surface area contributed by atoms with E-state index in [1.807, 2.05) is 0 Å². The van der Waals surface area contributed by atoms with Gasteiger partial charge in [-0.25, -0.2) is 0 Å². The average molecular weight is 192 g/mol. The lowest BCUT2D eigenvalue weighted by Crippen LogP contribution is -2.50. The third kappa shape index (κ3) is 3.59. The Hall–Kier alpha value is -0.175. The summed E-state index contributed by atoms with van der Waals surface area (Å²) in [5.74, 6) is 0. The molecular weight excluding hydrogens is 179 g/mol. The number of hydrogen-bond acceptors (Lipinski definition) is 6. The van der Waals surface area contributed by atoms with Crippen molar-refractivity contribution in [1.82, 2.24) is 0 Å². The van der Waals surface area contributed by atoms with Gasteiger partial charge in [-0.1, -0.05) is 0 Å². The second-order valence-electron chi connectivity index (χ2n) is 2.71. The molecule has 6 N–H and O–H groups in total. The summed E-state index contributed by atoms with van der Waals surface area (Å²) >= 11 is 0. The molecule has 0 aliphatic heterocycles. The second-order valence-corrected chi connectivity index (χ2v) is 2.71. The Bertz CT molecular complexity index is 143. The summed E-state index contributed by atoms with van der Waals surface area (Å²) in [5.41, 5.74) is 0. The van der Waals surface area contributed by atoms with Crippen LogP contribution in [-0.2, 0) is 0 Å². The third-order valence-electron chi connectivity index (χ3n) is 1.63. The highest BCUT2D eigenvalue weighted by molar-refractivity contribution is 6.11. The maximum absolute atomic E-state index is 9.05. The maximum Gasteiger partial charge on any atom is 0.112 e. The van der Waals surface area contributed by atoms with E-state index in [2.05, 4.69) is 0 Å². The van der Waals surface area contributed by atoms with Crippen molar-refractivity contribution in [2.75, 3.05) is 6.61 Å². The van der Waals surface area contributed by atoms with Crippen LogP contribution in [0.3, 0.4) is 0 Å². The highest BCUT2D eigenvalue weighted by Gasteiger charge is 2.31. The van der Waals surface area contributed by atoms with Crippen LogP contribution in [0.1, 0.15) is 0 Å². The Morgan fingerprint density at radius 3 is 1.62 bits per heavy atom. The summed E-state index contributed by atoms with van der Waals surface area (Å²) in [5, 5.41) is 52.8. The van der Waals surface area contributed by atoms with Gasteiger partial charge in [0.2, 0.25) is 0 Å². The molecule has 0 rings (SSSR count). The van der Waals surface area contributed by atoms with E-state index in [1.54, 1.807) is 0 Å². The Morgan fingerprint density at radius 2 is 1.31 bits per heavy atom. The molecule has 0 aromatic heterocycles. The van der Waals surface area contributed by atoms with E-state index >= 15 is 0 Å². The summed E-state index contributed by atoms with van der Waals surface area (Å²) in [4.78, 5) is 0. The first kappa shape index (κ1) is 12.8. The van der Waals surface area contributed by atoms with Crippen LogP contribution in [0.25, 0.3) is 0 Å². The molecule has 2 radical (unpaired) electrons. The highest BCUT2D eigenvalue weighted by atomic mass is 16.4. The zero-order chi connectivity index (χ0) is 10.6. The number of hydrogen-bond donors (Lipinski definition) is 6. The zero-order valence-corrected chi connectivity index (χ0v) is 6.85. The van der Waals surface area contributed by atoms with Crippen LogP contribution in [0.2, 0.25) is 0 Å². The molecule has 7 heteroatoms. The summed E-state index contributed by atoms with van der Waals surface area (Å²) < 4.78 is 0. The zero-order valence-electron chi connectivity index (χ0n) is 6.85. The normalized spacial score (nSPS) is 23.2. The Balaban J connectivity index is 4.15. The van der Waals surface area contributed by atoms with E-state index in [0.717, 1.165) is 0 Å². The van der Waals surface area contributed by atoms with Gasteiger partial charge < -0.3 is 30.6 Å². The topological polar surface area (TPSA) is 121 Å². The quantitative estimate of drug-likeness (QED) is 0.246. The minimum absolute atomic E-state index is 0.772. The number of aliphatic hydroxyl groups is 6. The van der Waals surface area contributed by atoms with E-state index in [-0.39, 0.29) is 0 Å². The molecule has 5 atom stereocenters. The van der Waals surface area contributed by atoms with Crippen LogP contribution < -0.4 is 0 Å². The average Bonchev–Trinajstić information content (AvgIpc) is 2.12. The van der Waals surface area contributed by atoms with E-state index in [0.29, 0.717) is 0 Å². The number of aliphatic hydroxyl groups excluding tert-OH is 6. The summed E-state index contributed by atoms with van der Waals surface area (Å²) in [6, 6.07) is -1.73. The second kappa shape index (κ2) is 5.53. The molecule has 0 saturated carbocycles. The molecule has 0 fully saturated rings. The SMILES string of the molecule is [B]C(O)[C@H](O)[C@@H](O)[C@H](O)[C@H](O)CO. The molecule has 0 heterocycles. The van der Waals surface area contributed by atoms with Crippen molar-refractivity contribution in [3.05, 3.63) is 0 Å². The highest BCUT2D eigenvalue weighted by Crippen LogP contribution is 2.06. The lowest BCUT2D eigenvalue weighted by Gasteiger charge is -2.27.